The van der Waals surface area contributed by atoms with Crippen molar-refractivity contribution in [3.63, 3.8) is 0 Å². The van der Waals surface area contributed by atoms with Crippen molar-refractivity contribution in [3.8, 4) is 16.8 Å². The molecule has 7 aromatic rings. The molecule has 0 fully saturated rings. The highest BCUT2D eigenvalue weighted by Gasteiger charge is 2.17. The normalized spacial score (nSPS) is 11.7. The Hall–Kier alpha value is -4.32. The van der Waals surface area contributed by atoms with E-state index in [4.69, 9.17) is 4.42 Å². The number of fused-ring (bicyclic) bond motifs is 6. The summed E-state index contributed by atoms with van der Waals surface area (Å²) in [6.45, 7) is 0. The van der Waals surface area contributed by atoms with Crippen molar-refractivity contribution < 1.29 is 14.5 Å². The lowest BCUT2D eigenvalue weighted by Gasteiger charge is -2.10. The van der Waals surface area contributed by atoms with Crippen molar-refractivity contribution in [3.05, 3.63) is 109 Å². The first-order valence-corrected chi connectivity index (χ1v) is 11.6. The van der Waals surface area contributed by atoms with Crippen LogP contribution >= 0.6 is 0 Å². The van der Waals surface area contributed by atoms with E-state index in [0.29, 0.717) is 5.46 Å². The van der Waals surface area contributed by atoms with E-state index in [0.717, 1.165) is 60.6 Å². The monoisotopic (exact) mass is 453 g/mol. The fourth-order valence-electron chi connectivity index (χ4n) is 5.22. The summed E-state index contributed by atoms with van der Waals surface area (Å²) in [5.41, 5.74) is 7.38. The number of para-hydroxylation sites is 3. The molecule has 0 atom stereocenters. The lowest BCUT2D eigenvalue weighted by Crippen LogP contribution is -2.29. The molecule has 0 aliphatic rings. The molecule has 166 valence electrons. The molecule has 35 heavy (non-hydrogen) atoms. The Labute approximate surface area is 201 Å². The van der Waals surface area contributed by atoms with Gasteiger partial charge in [0.05, 0.1) is 11.0 Å². The van der Waals surface area contributed by atoms with Crippen molar-refractivity contribution in [1.29, 1.82) is 0 Å². The molecule has 0 amide bonds. The van der Waals surface area contributed by atoms with Crippen LogP contribution in [0.3, 0.4) is 0 Å². The summed E-state index contributed by atoms with van der Waals surface area (Å²) in [6, 6.07) is 36.6. The highest BCUT2D eigenvalue weighted by Crippen LogP contribution is 2.39. The summed E-state index contributed by atoms with van der Waals surface area (Å²) in [5.74, 6) is 0. The molecule has 0 spiro atoms. The highest BCUT2D eigenvalue weighted by atomic mass is 16.4. The molecule has 0 aliphatic carbocycles. The molecule has 0 saturated heterocycles. The second-order valence-electron chi connectivity index (χ2n) is 8.83. The van der Waals surface area contributed by atoms with Gasteiger partial charge in [-0.15, -0.1) is 0 Å². The standard InChI is InChI=1S/C30H20BNO3/c33-31(34)20-7-5-8-21(18-20)32-27-13-3-1-9-23(27)26-17-19(15-16-28(26)32)22-11-6-12-25-24-10-2-4-14-29(24)35-30(22)25/h1-18,33-34H. The lowest BCUT2D eigenvalue weighted by atomic mass is 9.80. The van der Waals surface area contributed by atoms with Crippen LogP contribution in [0.2, 0.25) is 0 Å². The van der Waals surface area contributed by atoms with E-state index in [-0.39, 0.29) is 0 Å². The SMILES string of the molecule is OB(O)c1cccc(-n2c3ccccc3c3cc(-c4cccc5c4oc4ccccc45)ccc32)c1. The molecule has 2 N–H and O–H groups in total. The minimum atomic E-state index is -1.51. The van der Waals surface area contributed by atoms with E-state index in [1.165, 1.54) is 0 Å². The number of furan rings is 1. The van der Waals surface area contributed by atoms with E-state index < -0.39 is 7.12 Å². The second kappa shape index (κ2) is 7.60. The Morgan fingerprint density at radius 1 is 0.600 bits per heavy atom. The Morgan fingerprint density at radius 2 is 1.34 bits per heavy atom. The van der Waals surface area contributed by atoms with E-state index in [9.17, 15) is 10.0 Å². The number of hydrogen-bond donors (Lipinski definition) is 2. The van der Waals surface area contributed by atoms with E-state index in [1.54, 1.807) is 6.07 Å². The number of nitrogens with zero attached hydrogens (tertiary/aromatic N) is 1. The van der Waals surface area contributed by atoms with Crippen molar-refractivity contribution in [2.24, 2.45) is 0 Å². The van der Waals surface area contributed by atoms with Crippen molar-refractivity contribution in [2.45, 2.75) is 0 Å². The van der Waals surface area contributed by atoms with Gasteiger partial charge in [0.15, 0.2) is 0 Å². The highest BCUT2D eigenvalue weighted by molar-refractivity contribution is 6.58. The predicted molar refractivity (Wildman–Crippen MR) is 143 cm³/mol. The van der Waals surface area contributed by atoms with Crippen LogP contribution in [-0.4, -0.2) is 21.7 Å². The van der Waals surface area contributed by atoms with Crippen LogP contribution in [-0.2, 0) is 0 Å². The maximum Gasteiger partial charge on any atom is 0.488 e. The third kappa shape index (κ3) is 3.03. The Bertz CT molecular complexity index is 1900. The fraction of sp³-hybridized carbons (Fsp3) is 0. The molecule has 2 heterocycles. The molecule has 0 unspecified atom stereocenters. The quantitative estimate of drug-likeness (QED) is 0.321. The van der Waals surface area contributed by atoms with Crippen LogP contribution in [0.1, 0.15) is 0 Å². The average Bonchev–Trinajstić information content (AvgIpc) is 3.44. The first-order valence-electron chi connectivity index (χ1n) is 11.6. The van der Waals surface area contributed by atoms with Crippen molar-refractivity contribution in [2.75, 3.05) is 0 Å². The largest absolute Gasteiger partial charge is 0.488 e. The molecule has 0 radical (unpaired) electrons. The maximum absolute atomic E-state index is 9.71. The molecule has 2 aromatic heterocycles. The summed E-state index contributed by atoms with van der Waals surface area (Å²) in [6.07, 6.45) is 0. The molecule has 0 saturated carbocycles. The number of rotatable bonds is 3. The number of hydrogen-bond acceptors (Lipinski definition) is 3. The van der Waals surface area contributed by atoms with E-state index in [1.807, 2.05) is 48.5 Å². The minimum Gasteiger partial charge on any atom is -0.455 e. The summed E-state index contributed by atoms with van der Waals surface area (Å²) in [5, 5.41) is 23.9. The van der Waals surface area contributed by atoms with Gasteiger partial charge in [-0.25, -0.2) is 0 Å². The Kier molecular flexibility index (Phi) is 4.36. The Balaban J connectivity index is 1.50. The second-order valence-corrected chi connectivity index (χ2v) is 8.83. The van der Waals surface area contributed by atoms with E-state index in [2.05, 4.69) is 59.2 Å². The van der Waals surface area contributed by atoms with Crippen LogP contribution in [0.25, 0.3) is 60.6 Å². The van der Waals surface area contributed by atoms with Gasteiger partial charge in [0.1, 0.15) is 11.2 Å². The van der Waals surface area contributed by atoms with Crippen LogP contribution < -0.4 is 5.46 Å². The van der Waals surface area contributed by atoms with Gasteiger partial charge >= 0.3 is 7.12 Å². The van der Waals surface area contributed by atoms with Gasteiger partial charge in [-0.2, -0.15) is 0 Å². The average molecular weight is 453 g/mol. The van der Waals surface area contributed by atoms with Gasteiger partial charge in [0.25, 0.3) is 0 Å². The van der Waals surface area contributed by atoms with Gasteiger partial charge in [-0.3, -0.25) is 0 Å². The fourth-order valence-corrected chi connectivity index (χ4v) is 5.22. The van der Waals surface area contributed by atoms with Crippen molar-refractivity contribution >= 4 is 56.3 Å². The zero-order valence-corrected chi connectivity index (χ0v) is 18.7. The van der Waals surface area contributed by atoms with Crippen LogP contribution in [0.5, 0.6) is 0 Å². The molecule has 7 rings (SSSR count). The summed E-state index contributed by atoms with van der Waals surface area (Å²) in [7, 11) is -1.51. The van der Waals surface area contributed by atoms with Crippen LogP contribution in [0.15, 0.2) is 114 Å². The zero-order chi connectivity index (χ0) is 23.5. The zero-order valence-electron chi connectivity index (χ0n) is 18.7. The smallest absolute Gasteiger partial charge is 0.455 e. The molecule has 5 heteroatoms. The first-order chi connectivity index (χ1) is 17.2. The molecular formula is C30H20BNO3. The van der Waals surface area contributed by atoms with Gasteiger partial charge < -0.3 is 19.0 Å². The minimum absolute atomic E-state index is 0.460. The van der Waals surface area contributed by atoms with Crippen LogP contribution in [0, 0.1) is 0 Å². The third-order valence-electron chi connectivity index (χ3n) is 6.81. The van der Waals surface area contributed by atoms with Crippen molar-refractivity contribution in [1.82, 2.24) is 4.57 Å². The molecule has 0 aliphatic heterocycles. The molecule has 4 nitrogen and oxygen atoms in total. The molecular weight excluding hydrogens is 433 g/mol. The van der Waals surface area contributed by atoms with Gasteiger partial charge in [0, 0.05) is 32.8 Å². The number of aromatic nitrogens is 1. The van der Waals surface area contributed by atoms with Gasteiger partial charge in [0.2, 0.25) is 0 Å². The third-order valence-corrected chi connectivity index (χ3v) is 6.81. The van der Waals surface area contributed by atoms with Crippen LogP contribution in [0.4, 0.5) is 0 Å². The van der Waals surface area contributed by atoms with E-state index >= 15 is 0 Å². The van der Waals surface area contributed by atoms with Gasteiger partial charge in [-0.05, 0) is 47.4 Å². The molecule has 0 bridgehead atoms. The summed E-state index contributed by atoms with van der Waals surface area (Å²) in [4.78, 5) is 0. The lowest BCUT2D eigenvalue weighted by molar-refractivity contribution is 0.426. The number of benzene rings is 5. The molecule has 5 aromatic carbocycles. The first kappa shape index (κ1) is 20.1. The topological polar surface area (TPSA) is 58.5 Å². The predicted octanol–water partition coefficient (Wildman–Crippen LogP) is 6.03. The summed E-state index contributed by atoms with van der Waals surface area (Å²) >= 11 is 0. The maximum atomic E-state index is 9.71. The van der Waals surface area contributed by atoms with Gasteiger partial charge in [-0.1, -0.05) is 72.8 Å². The summed E-state index contributed by atoms with van der Waals surface area (Å²) < 4.78 is 8.46. The Morgan fingerprint density at radius 3 is 2.23 bits per heavy atom.